The number of benzene rings is 1. The molecule has 2 amide bonds. The third kappa shape index (κ3) is 3.17. The molecule has 0 spiro atoms. The first kappa shape index (κ1) is 17.0. The minimum absolute atomic E-state index is 0.0753. The van der Waals surface area contributed by atoms with E-state index in [0.717, 1.165) is 25.9 Å². The number of nitrogens with zero attached hydrogens (tertiary/aromatic N) is 2. The van der Waals surface area contributed by atoms with Crippen LogP contribution in [-0.2, 0) is 4.79 Å². The number of ether oxygens (including phenoxy) is 2. The lowest BCUT2D eigenvalue weighted by atomic mass is 10.1. The van der Waals surface area contributed by atoms with E-state index in [1.165, 1.54) is 7.11 Å². The second-order valence-electron chi connectivity index (χ2n) is 5.89. The van der Waals surface area contributed by atoms with Gasteiger partial charge in [-0.2, -0.15) is 0 Å². The molecule has 0 aliphatic carbocycles. The van der Waals surface area contributed by atoms with Gasteiger partial charge in [0.05, 0.1) is 20.1 Å². The summed E-state index contributed by atoms with van der Waals surface area (Å²) in [6.45, 7) is 1.61. The van der Waals surface area contributed by atoms with E-state index in [1.54, 1.807) is 42.0 Å². The van der Waals surface area contributed by atoms with E-state index >= 15 is 0 Å². The summed E-state index contributed by atoms with van der Waals surface area (Å²) < 4.78 is 10.5. The average Bonchev–Trinajstić information content (AvgIpc) is 3.31. The van der Waals surface area contributed by atoms with Crippen molar-refractivity contribution in [3.05, 3.63) is 23.8 Å². The first-order valence-electron chi connectivity index (χ1n) is 8.05. The highest BCUT2D eigenvalue weighted by molar-refractivity contribution is 7.99. The lowest BCUT2D eigenvalue weighted by molar-refractivity contribution is -0.133. The Morgan fingerprint density at radius 1 is 1.12 bits per heavy atom. The summed E-state index contributed by atoms with van der Waals surface area (Å²) in [5, 5.41) is 0. The van der Waals surface area contributed by atoms with Crippen LogP contribution in [-0.4, -0.2) is 66.6 Å². The van der Waals surface area contributed by atoms with Gasteiger partial charge in [0.15, 0.2) is 11.5 Å². The lowest BCUT2D eigenvalue weighted by Gasteiger charge is -2.27. The minimum Gasteiger partial charge on any atom is -0.493 e. The number of thioether (sulfide) groups is 1. The SMILES string of the molecule is COc1ccc(C(=O)N2CSCC2C(=O)N2CCCC2)cc1OC. The number of hydrogen-bond donors (Lipinski definition) is 0. The van der Waals surface area contributed by atoms with Crippen LogP contribution in [0.3, 0.4) is 0 Å². The van der Waals surface area contributed by atoms with Crippen LogP contribution in [0, 0.1) is 0 Å². The molecule has 0 saturated carbocycles. The average molecular weight is 350 g/mol. The molecule has 0 N–H and O–H groups in total. The second kappa shape index (κ2) is 7.34. The maximum Gasteiger partial charge on any atom is 0.255 e. The third-order valence-electron chi connectivity index (χ3n) is 4.48. The number of carbonyl (C=O) groups is 2. The van der Waals surface area contributed by atoms with Crippen molar-refractivity contribution >= 4 is 23.6 Å². The standard InChI is InChI=1S/C17H22N2O4S/c1-22-14-6-5-12(9-15(14)23-2)16(20)19-11-24-10-13(19)17(21)18-7-3-4-8-18/h5-6,9,13H,3-4,7-8,10-11H2,1-2H3. The predicted molar refractivity (Wildman–Crippen MR) is 92.6 cm³/mol. The Labute approximate surface area is 146 Å². The maximum atomic E-state index is 12.9. The number of amides is 2. The smallest absolute Gasteiger partial charge is 0.255 e. The fourth-order valence-electron chi connectivity index (χ4n) is 3.13. The molecule has 2 saturated heterocycles. The fourth-order valence-corrected chi connectivity index (χ4v) is 4.28. The first-order valence-corrected chi connectivity index (χ1v) is 9.20. The van der Waals surface area contributed by atoms with Crippen molar-refractivity contribution in [3.63, 3.8) is 0 Å². The predicted octanol–water partition coefficient (Wildman–Crippen LogP) is 1.84. The van der Waals surface area contributed by atoms with E-state index in [0.29, 0.717) is 28.7 Å². The van der Waals surface area contributed by atoms with E-state index in [2.05, 4.69) is 0 Å². The van der Waals surface area contributed by atoms with E-state index in [1.807, 2.05) is 4.90 Å². The molecule has 7 heteroatoms. The van der Waals surface area contributed by atoms with Crippen LogP contribution >= 0.6 is 11.8 Å². The highest BCUT2D eigenvalue weighted by Gasteiger charge is 2.38. The zero-order valence-electron chi connectivity index (χ0n) is 14.0. The topological polar surface area (TPSA) is 59.1 Å². The fraction of sp³-hybridized carbons (Fsp3) is 0.529. The van der Waals surface area contributed by atoms with Gasteiger partial charge in [0.2, 0.25) is 5.91 Å². The van der Waals surface area contributed by atoms with E-state index in [-0.39, 0.29) is 17.9 Å². The van der Waals surface area contributed by atoms with Crippen molar-refractivity contribution < 1.29 is 19.1 Å². The Morgan fingerprint density at radius 3 is 2.50 bits per heavy atom. The summed E-state index contributed by atoms with van der Waals surface area (Å²) >= 11 is 1.62. The van der Waals surface area contributed by atoms with Gasteiger partial charge in [-0.15, -0.1) is 11.8 Å². The van der Waals surface area contributed by atoms with Crippen LogP contribution in [0.15, 0.2) is 18.2 Å². The number of carbonyl (C=O) groups excluding carboxylic acids is 2. The molecule has 1 aromatic carbocycles. The van der Waals surface area contributed by atoms with Crippen LogP contribution in [0.1, 0.15) is 23.2 Å². The summed E-state index contributed by atoms with van der Waals surface area (Å²) in [6, 6.07) is 4.73. The van der Waals surface area contributed by atoms with Crippen LogP contribution in [0.2, 0.25) is 0 Å². The van der Waals surface area contributed by atoms with Gasteiger partial charge in [0.25, 0.3) is 5.91 Å². The summed E-state index contributed by atoms with van der Waals surface area (Å²) in [7, 11) is 3.10. The normalized spacial score (nSPS) is 20.3. The Morgan fingerprint density at radius 2 is 1.83 bits per heavy atom. The summed E-state index contributed by atoms with van der Waals surface area (Å²) in [5.41, 5.74) is 0.509. The highest BCUT2D eigenvalue weighted by Crippen LogP contribution is 2.30. The summed E-state index contributed by atoms with van der Waals surface area (Å²) in [5.74, 6) is 2.23. The number of methoxy groups -OCH3 is 2. The molecule has 0 radical (unpaired) electrons. The quantitative estimate of drug-likeness (QED) is 0.829. The number of rotatable bonds is 4. The largest absolute Gasteiger partial charge is 0.493 e. The van der Waals surface area contributed by atoms with E-state index in [4.69, 9.17) is 9.47 Å². The molecule has 2 aliphatic rings. The number of hydrogen-bond acceptors (Lipinski definition) is 5. The Hall–Kier alpha value is -1.89. The van der Waals surface area contributed by atoms with Crippen molar-refractivity contribution in [2.45, 2.75) is 18.9 Å². The molecular formula is C17H22N2O4S. The zero-order valence-corrected chi connectivity index (χ0v) is 14.8. The first-order chi connectivity index (χ1) is 11.7. The van der Waals surface area contributed by atoms with Crippen LogP contribution in [0.5, 0.6) is 11.5 Å². The van der Waals surface area contributed by atoms with Crippen LogP contribution < -0.4 is 9.47 Å². The van der Waals surface area contributed by atoms with Crippen LogP contribution in [0.25, 0.3) is 0 Å². The second-order valence-corrected chi connectivity index (χ2v) is 6.89. The molecule has 0 aromatic heterocycles. The van der Waals surface area contributed by atoms with Gasteiger partial charge in [0, 0.05) is 24.4 Å². The van der Waals surface area contributed by atoms with Gasteiger partial charge in [-0.1, -0.05) is 0 Å². The van der Waals surface area contributed by atoms with Gasteiger partial charge in [-0.3, -0.25) is 9.59 Å². The Bertz CT molecular complexity index is 631. The van der Waals surface area contributed by atoms with Gasteiger partial charge >= 0.3 is 0 Å². The van der Waals surface area contributed by atoms with Crippen molar-refractivity contribution in [2.75, 3.05) is 38.9 Å². The molecule has 2 aliphatic heterocycles. The zero-order chi connectivity index (χ0) is 17.1. The van der Waals surface area contributed by atoms with Gasteiger partial charge < -0.3 is 19.3 Å². The monoisotopic (exact) mass is 350 g/mol. The van der Waals surface area contributed by atoms with Gasteiger partial charge in [-0.05, 0) is 31.0 Å². The third-order valence-corrected chi connectivity index (χ3v) is 5.49. The molecule has 0 bridgehead atoms. The van der Waals surface area contributed by atoms with Gasteiger partial charge in [-0.25, -0.2) is 0 Å². The van der Waals surface area contributed by atoms with Crippen LogP contribution in [0.4, 0.5) is 0 Å². The molecule has 3 rings (SSSR count). The highest BCUT2D eigenvalue weighted by atomic mass is 32.2. The molecule has 6 nitrogen and oxygen atoms in total. The summed E-state index contributed by atoms with van der Waals surface area (Å²) in [6.07, 6.45) is 2.10. The molecule has 1 aromatic rings. The Balaban J connectivity index is 1.79. The van der Waals surface area contributed by atoms with Crippen molar-refractivity contribution in [1.29, 1.82) is 0 Å². The Kier molecular flexibility index (Phi) is 5.18. The maximum absolute atomic E-state index is 12.9. The summed E-state index contributed by atoms with van der Waals surface area (Å²) in [4.78, 5) is 29.1. The molecule has 24 heavy (non-hydrogen) atoms. The molecule has 130 valence electrons. The van der Waals surface area contributed by atoms with Gasteiger partial charge in [0.1, 0.15) is 6.04 Å². The molecule has 1 unspecified atom stereocenters. The molecule has 2 heterocycles. The number of likely N-dealkylation sites (tertiary alicyclic amines) is 1. The van der Waals surface area contributed by atoms with E-state index < -0.39 is 0 Å². The molecule has 2 fully saturated rings. The lowest BCUT2D eigenvalue weighted by Crippen LogP contribution is -2.48. The molecular weight excluding hydrogens is 328 g/mol. The van der Waals surface area contributed by atoms with Crippen molar-refractivity contribution in [1.82, 2.24) is 9.80 Å². The van der Waals surface area contributed by atoms with Crippen molar-refractivity contribution in [2.24, 2.45) is 0 Å². The van der Waals surface area contributed by atoms with Crippen molar-refractivity contribution in [3.8, 4) is 11.5 Å². The molecule has 1 atom stereocenters. The van der Waals surface area contributed by atoms with E-state index in [9.17, 15) is 9.59 Å². The minimum atomic E-state index is -0.367.